The Hall–Kier alpha value is -2.28. The highest BCUT2D eigenvalue weighted by Gasteiger charge is 2.25. The number of ether oxygens (including phenoxy) is 1. The number of hydrogen-bond acceptors (Lipinski definition) is 6. The normalized spacial score (nSPS) is 11.6. The van der Waals surface area contributed by atoms with Crippen LogP contribution in [0, 0.1) is 0 Å². The average Bonchev–Trinajstić information content (AvgIpc) is 2.35. The minimum Gasteiger partial charge on any atom is -0.479 e. The van der Waals surface area contributed by atoms with Gasteiger partial charge in [-0.25, -0.2) is 9.59 Å². The highest BCUT2D eigenvalue weighted by molar-refractivity contribution is 5.99. The molecule has 0 spiro atoms. The van der Waals surface area contributed by atoms with Gasteiger partial charge in [-0.15, -0.1) is 0 Å². The summed E-state index contributed by atoms with van der Waals surface area (Å²) in [5, 5.41) is 17.1. The number of Topliss-reactive ketones (excluding diaryl/α,β-unsaturated/α-hetero) is 1. The first-order valence-electron chi connectivity index (χ1n) is 4.54. The molecule has 1 atom stereocenters. The molecule has 7 heteroatoms. The predicted molar refractivity (Wildman–Crippen MR) is 53.2 cm³/mol. The summed E-state index contributed by atoms with van der Waals surface area (Å²) >= 11 is 0. The molecule has 1 aromatic rings. The van der Waals surface area contributed by atoms with Gasteiger partial charge in [0.25, 0.3) is 0 Å². The third-order valence-corrected chi connectivity index (χ3v) is 1.75. The number of hydrogen-bond donors (Lipinski definition) is 2. The van der Waals surface area contributed by atoms with Crippen molar-refractivity contribution in [3.63, 3.8) is 0 Å². The van der Waals surface area contributed by atoms with E-state index in [9.17, 15) is 14.4 Å². The Morgan fingerprint density at radius 3 is 2.59 bits per heavy atom. The standard InChI is InChI=1S/C10H9NO6/c12-7(6-3-1-2-4-11-6)5-17-10(16)8(13)9(14)15/h1-4,8,13H,5H2,(H,14,15). The summed E-state index contributed by atoms with van der Waals surface area (Å²) in [7, 11) is 0. The molecule has 0 fully saturated rings. The maximum Gasteiger partial charge on any atom is 0.347 e. The third-order valence-electron chi connectivity index (χ3n) is 1.75. The van der Waals surface area contributed by atoms with Crippen LogP contribution in [0.2, 0.25) is 0 Å². The molecule has 0 aliphatic heterocycles. The lowest BCUT2D eigenvalue weighted by Gasteiger charge is -2.05. The lowest BCUT2D eigenvalue weighted by molar-refractivity contribution is -0.164. The average molecular weight is 239 g/mol. The van der Waals surface area contributed by atoms with Crippen molar-refractivity contribution in [2.45, 2.75) is 6.10 Å². The number of carboxylic acids is 1. The summed E-state index contributed by atoms with van der Waals surface area (Å²) in [6.45, 7) is -0.666. The van der Waals surface area contributed by atoms with E-state index in [1.807, 2.05) is 0 Å². The van der Waals surface area contributed by atoms with Crippen LogP contribution in [0.25, 0.3) is 0 Å². The van der Waals surface area contributed by atoms with E-state index in [0.29, 0.717) is 0 Å². The molecule has 0 aromatic carbocycles. The van der Waals surface area contributed by atoms with Crippen molar-refractivity contribution >= 4 is 17.7 Å². The molecule has 0 saturated carbocycles. The Kier molecular flexibility index (Phi) is 4.29. The predicted octanol–water partition coefficient (Wildman–Crippen LogP) is -0.747. The van der Waals surface area contributed by atoms with Crippen molar-refractivity contribution in [2.24, 2.45) is 0 Å². The van der Waals surface area contributed by atoms with E-state index < -0.39 is 30.4 Å². The summed E-state index contributed by atoms with van der Waals surface area (Å²) in [5.41, 5.74) is 0.0881. The number of aliphatic hydroxyl groups is 1. The second-order valence-electron chi connectivity index (χ2n) is 2.99. The van der Waals surface area contributed by atoms with Gasteiger partial charge in [-0.05, 0) is 12.1 Å². The van der Waals surface area contributed by atoms with Gasteiger partial charge in [-0.3, -0.25) is 9.78 Å². The van der Waals surface area contributed by atoms with Crippen molar-refractivity contribution in [3.05, 3.63) is 30.1 Å². The first kappa shape index (κ1) is 12.8. The first-order chi connectivity index (χ1) is 8.02. The Balaban J connectivity index is 2.50. The van der Waals surface area contributed by atoms with Gasteiger partial charge in [-0.2, -0.15) is 0 Å². The van der Waals surface area contributed by atoms with E-state index in [4.69, 9.17) is 10.2 Å². The van der Waals surface area contributed by atoms with E-state index in [1.54, 1.807) is 12.1 Å². The van der Waals surface area contributed by atoms with E-state index in [-0.39, 0.29) is 5.69 Å². The fourth-order valence-corrected chi connectivity index (χ4v) is 0.918. The number of rotatable bonds is 5. The summed E-state index contributed by atoms with van der Waals surface area (Å²) in [5.74, 6) is -3.71. The molecule has 0 amide bonds. The maximum absolute atomic E-state index is 11.4. The molecule has 7 nitrogen and oxygen atoms in total. The molecule has 0 saturated heterocycles. The quantitative estimate of drug-likeness (QED) is 0.395. The minimum absolute atomic E-state index is 0.0881. The Morgan fingerprint density at radius 2 is 2.06 bits per heavy atom. The van der Waals surface area contributed by atoms with Crippen molar-refractivity contribution in [1.82, 2.24) is 4.98 Å². The summed E-state index contributed by atoms with van der Waals surface area (Å²) < 4.78 is 4.32. The van der Waals surface area contributed by atoms with Crippen molar-refractivity contribution in [1.29, 1.82) is 0 Å². The van der Waals surface area contributed by atoms with Crippen LogP contribution >= 0.6 is 0 Å². The number of aliphatic hydroxyl groups excluding tert-OH is 1. The summed E-state index contributed by atoms with van der Waals surface area (Å²) in [4.78, 5) is 36.2. The number of carbonyl (C=O) groups excluding carboxylic acids is 2. The zero-order valence-corrected chi connectivity index (χ0v) is 8.57. The largest absolute Gasteiger partial charge is 0.479 e. The zero-order chi connectivity index (χ0) is 12.8. The smallest absolute Gasteiger partial charge is 0.347 e. The zero-order valence-electron chi connectivity index (χ0n) is 8.57. The second-order valence-corrected chi connectivity index (χ2v) is 2.99. The van der Waals surface area contributed by atoms with Gasteiger partial charge in [0.1, 0.15) is 5.69 Å². The van der Waals surface area contributed by atoms with Crippen LogP contribution in [-0.4, -0.2) is 45.6 Å². The number of ketones is 1. The number of pyridine rings is 1. The fourth-order valence-electron chi connectivity index (χ4n) is 0.918. The van der Waals surface area contributed by atoms with Gasteiger partial charge in [0.2, 0.25) is 11.9 Å². The summed E-state index contributed by atoms with van der Waals surface area (Å²) in [6, 6.07) is 4.61. The highest BCUT2D eigenvalue weighted by Crippen LogP contribution is 1.97. The molecule has 1 aromatic heterocycles. The number of esters is 1. The van der Waals surface area contributed by atoms with Gasteiger partial charge in [0.15, 0.2) is 6.61 Å². The van der Waals surface area contributed by atoms with Gasteiger partial charge >= 0.3 is 11.9 Å². The molecule has 0 radical (unpaired) electrons. The third kappa shape index (κ3) is 3.65. The molecule has 1 unspecified atom stereocenters. The van der Waals surface area contributed by atoms with E-state index >= 15 is 0 Å². The first-order valence-corrected chi connectivity index (χ1v) is 4.54. The van der Waals surface area contributed by atoms with Crippen LogP contribution in [0.5, 0.6) is 0 Å². The monoisotopic (exact) mass is 239 g/mol. The highest BCUT2D eigenvalue weighted by atomic mass is 16.6. The minimum atomic E-state index is -2.29. The molecule has 0 bridgehead atoms. The molecule has 0 aliphatic rings. The Labute approximate surface area is 95.7 Å². The molecular formula is C10H9NO6. The topological polar surface area (TPSA) is 114 Å². The van der Waals surface area contributed by atoms with Crippen molar-refractivity contribution < 1.29 is 29.3 Å². The molecule has 0 aliphatic carbocycles. The van der Waals surface area contributed by atoms with E-state index in [2.05, 4.69) is 9.72 Å². The van der Waals surface area contributed by atoms with Crippen LogP contribution < -0.4 is 0 Å². The van der Waals surface area contributed by atoms with Crippen LogP contribution in [0.15, 0.2) is 24.4 Å². The van der Waals surface area contributed by atoms with Crippen LogP contribution in [0.4, 0.5) is 0 Å². The van der Waals surface area contributed by atoms with Crippen LogP contribution in [0.1, 0.15) is 10.5 Å². The molecule has 1 heterocycles. The number of aromatic nitrogens is 1. The van der Waals surface area contributed by atoms with Gasteiger partial charge in [0, 0.05) is 6.20 Å². The lowest BCUT2D eigenvalue weighted by Crippen LogP contribution is -2.32. The molecule has 2 N–H and O–H groups in total. The Bertz CT molecular complexity index is 430. The van der Waals surface area contributed by atoms with Gasteiger partial charge in [-0.1, -0.05) is 6.07 Å². The van der Waals surface area contributed by atoms with Crippen molar-refractivity contribution in [2.75, 3.05) is 6.61 Å². The van der Waals surface area contributed by atoms with E-state index in [1.165, 1.54) is 12.3 Å². The van der Waals surface area contributed by atoms with Crippen LogP contribution in [0.3, 0.4) is 0 Å². The second kappa shape index (κ2) is 5.71. The molecule has 17 heavy (non-hydrogen) atoms. The fraction of sp³-hybridized carbons (Fsp3) is 0.200. The van der Waals surface area contributed by atoms with Gasteiger partial charge in [0.05, 0.1) is 0 Å². The lowest BCUT2D eigenvalue weighted by atomic mass is 10.2. The van der Waals surface area contributed by atoms with Crippen LogP contribution in [-0.2, 0) is 14.3 Å². The molecule has 90 valence electrons. The maximum atomic E-state index is 11.4. The SMILES string of the molecule is O=C(COC(=O)C(O)C(=O)O)c1ccccn1. The van der Waals surface area contributed by atoms with Crippen molar-refractivity contribution in [3.8, 4) is 0 Å². The van der Waals surface area contributed by atoms with E-state index in [0.717, 1.165) is 0 Å². The summed E-state index contributed by atoms with van der Waals surface area (Å²) in [6.07, 6.45) is -0.896. The number of carboxylic acid groups (broad SMARTS) is 1. The molecular weight excluding hydrogens is 230 g/mol. The van der Waals surface area contributed by atoms with Gasteiger partial charge < -0.3 is 14.9 Å². The number of nitrogens with zero attached hydrogens (tertiary/aromatic N) is 1. The molecule has 1 rings (SSSR count). The Morgan fingerprint density at radius 1 is 1.35 bits per heavy atom. The number of aliphatic carboxylic acids is 1. The number of carbonyl (C=O) groups is 3.